The topological polar surface area (TPSA) is 6.48 Å². The summed E-state index contributed by atoms with van der Waals surface area (Å²) in [6, 6.07) is 0. The molecule has 0 unspecified atom stereocenters. The molecule has 0 heterocycles. The fourth-order valence-electron chi connectivity index (χ4n) is 0.545. The van der Waals surface area contributed by atoms with Crippen molar-refractivity contribution in [2.24, 2.45) is 0 Å². The number of rotatable bonds is 5. The molecule has 0 rings (SSSR count). The highest BCUT2D eigenvalue weighted by atomic mass is 35.5. The molecule has 0 aromatic rings. The molecule has 2 nitrogen and oxygen atoms in total. The van der Waals surface area contributed by atoms with E-state index in [2.05, 4.69) is 4.90 Å². The van der Waals surface area contributed by atoms with E-state index >= 15 is 0 Å². The summed E-state index contributed by atoms with van der Waals surface area (Å²) < 4.78 is 0. The van der Waals surface area contributed by atoms with Crippen LogP contribution in [0.3, 0.4) is 0 Å². The summed E-state index contributed by atoms with van der Waals surface area (Å²) >= 11 is 10.8. The van der Waals surface area contributed by atoms with Gasteiger partial charge in [0.2, 0.25) is 0 Å². The molecule has 0 bridgehead atoms. The predicted molar refractivity (Wildman–Crippen MR) is 63.2 cm³/mol. The summed E-state index contributed by atoms with van der Waals surface area (Å²) in [7, 11) is 8.10. The smallest absolute Gasteiger partial charge is 0.0350 e. The van der Waals surface area contributed by atoms with Gasteiger partial charge in [0.05, 0.1) is 0 Å². The van der Waals surface area contributed by atoms with E-state index in [-0.39, 0.29) is 0 Å². The lowest BCUT2D eigenvalue weighted by Crippen LogP contribution is -2.13. The molecule has 0 fully saturated rings. The standard InChI is InChI=1S/C5H12ClN.C4H10ClN/c1-7(2)5-3-4-6;1-6(2)4-3-5/h3-5H2,1-2H3;3-4H2,1-2H3. The third kappa shape index (κ3) is 24.5. The zero-order valence-corrected chi connectivity index (χ0v) is 10.7. The Kier molecular flexibility index (Phi) is 15.3. The molecule has 4 heteroatoms. The largest absolute Gasteiger partial charge is 0.309 e. The van der Waals surface area contributed by atoms with Gasteiger partial charge >= 0.3 is 0 Å². The summed E-state index contributed by atoms with van der Waals surface area (Å²) in [5.74, 6) is 1.51. The summed E-state index contributed by atoms with van der Waals surface area (Å²) in [5.41, 5.74) is 0. The lowest BCUT2D eigenvalue weighted by molar-refractivity contribution is 0.409. The van der Waals surface area contributed by atoms with E-state index in [1.807, 2.05) is 33.1 Å². The Morgan fingerprint density at radius 1 is 0.769 bits per heavy atom. The van der Waals surface area contributed by atoms with E-state index < -0.39 is 0 Å². The highest BCUT2D eigenvalue weighted by Gasteiger charge is 1.84. The Bertz CT molecular complexity index is 87.7. The van der Waals surface area contributed by atoms with Crippen LogP contribution in [-0.4, -0.2) is 62.8 Å². The molecule has 0 aromatic heterocycles. The van der Waals surface area contributed by atoms with Gasteiger partial charge in [0, 0.05) is 18.3 Å². The second-order valence-electron chi connectivity index (χ2n) is 3.34. The fourth-order valence-corrected chi connectivity index (χ4v) is 1.00. The molecule has 0 aromatic carbocycles. The van der Waals surface area contributed by atoms with Gasteiger partial charge in [-0.25, -0.2) is 0 Å². The quantitative estimate of drug-likeness (QED) is 0.665. The van der Waals surface area contributed by atoms with E-state index in [1.165, 1.54) is 0 Å². The van der Waals surface area contributed by atoms with Crippen LogP contribution < -0.4 is 0 Å². The summed E-state index contributed by atoms with van der Waals surface area (Å²) in [5, 5.41) is 0. The first kappa shape index (κ1) is 15.9. The van der Waals surface area contributed by atoms with Crippen LogP contribution >= 0.6 is 23.2 Å². The molecule has 0 spiro atoms. The zero-order chi connectivity index (χ0) is 10.7. The van der Waals surface area contributed by atoms with Gasteiger partial charge in [-0.1, -0.05) is 0 Å². The Labute approximate surface area is 92.8 Å². The number of alkyl halides is 2. The molecule has 0 aliphatic rings. The maximum atomic E-state index is 5.42. The lowest BCUT2D eigenvalue weighted by atomic mass is 10.5. The van der Waals surface area contributed by atoms with Crippen LogP contribution in [0.5, 0.6) is 0 Å². The normalized spacial score (nSPS) is 10.2. The van der Waals surface area contributed by atoms with Gasteiger partial charge in [0.25, 0.3) is 0 Å². The highest BCUT2D eigenvalue weighted by Crippen LogP contribution is 1.84. The molecule has 0 saturated heterocycles. The van der Waals surface area contributed by atoms with Crippen molar-refractivity contribution in [1.29, 1.82) is 0 Å². The van der Waals surface area contributed by atoms with E-state index in [0.29, 0.717) is 0 Å². The Morgan fingerprint density at radius 2 is 1.23 bits per heavy atom. The number of hydrogen-bond acceptors (Lipinski definition) is 2. The van der Waals surface area contributed by atoms with Crippen LogP contribution in [0.25, 0.3) is 0 Å². The van der Waals surface area contributed by atoms with Crippen molar-refractivity contribution < 1.29 is 0 Å². The van der Waals surface area contributed by atoms with Gasteiger partial charge in [-0.3, -0.25) is 0 Å². The molecule has 0 amide bonds. The van der Waals surface area contributed by atoms with Crippen molar-refractivity contribution in [3.05, 3.63) is 0 Å². The first-order valence-electron chi connectivity index (χ1n) is 4.46. The Morgan fingerprint density at radius 3 is 1.31 bits per heavy atom. The third-order valence-electron chi connectivity index (χ3n) is 1.27. The second-order valence-corrected chi connectivity index (χ2v) is 4.09. The average Bonchev–Trinajstić information content (AvgIpc) is 2.01. The summed E-state index contributed by atoms with van der Waals surface area (Å²) in [4.78, 5) is 4.18. The number of halogens is 2. The molecule has 0 atom stereocenters. The van der Waals surface area contributed by atoms with Crippen LogP contribution in [0.2, 0.25) is 0 Å². The first-order valence-corrected chi connectivity index (χ1v) is 5.52. The highest BCUT2D eigenvalue weighted by molar-refractivity contribution is 6.18. The predicted octanol–water partition coefficient (Wildman–Crippen LogP) is 1.96. The minimum Gasteiger partial charge on any atom is -0.309 e. The summed E-state index contributed by atoms with van der Waals surface area (Å²) in [6.07, 6.45) is 1.09. The van der Waals surface area contributed by atoms with E-state index in [0.717, 1.165) is 31.3 Å². The zero-order valence-electron chi connectivity index (χ0n) is 9.19. The molecule has 0 saturated carbocycles. The molecule has 82 valence electrons. The minimum atomic E-state index is 0.729. The molecule has 0 aliphatic carbocycles. The fraction of sp³-hybridized carbons (Fsp3) is 1.00. The van der Waals surface area contributed by atoms with Gasteiger partial charge in [0.15, 0.2) is 0 Å². The van der Waals surface area contributed by atoms with Crippen LogP contribution in [0.4, 0.5) is 0 Å². The van der Waals surface area contributed by atoms with Crippen molar-refractivity contribution in [2.75, 3.05) is 53.0 Å². The van der Waals surface area contributed by atoms with Crippen molar-refractivity contribution in [3.63, 3.8) is 0 Å². The third-order valence-corrected chi connectivity index (χ3v) is 1.71. The number of hydrogen-bond donors (Lipinski definition) is 0. The van der Waals surface area contributed by atoms with Crippen molar-refractivity contribution in [1.82, 2.24) is 9.80 Å². The number of nitrogens with zero attached hydrogens (tertiary/aromatic N) is 2. The van der Waals surface area contributed by atoms with Crippen molar-refractivity contribution >= 4 is 23.2 Å². The molecule has 13 heavy (non-hydrogen) atoms. The van der Waals surface area contributed by atoms with Gasteiger partial charge < -0.3 is 9.80 Å². The minimum absolute atomic E-state index is 0.729. The first-order chi connectivity index (χ1) is 6.04. The van der Waals surface area contributed by atoms with Gasteiger partial charge in [0.1, 0.15) is 0 Å². The van der Waals surface area contributed by atoms with Crippen LogP contribution in [0, 0.1) is 0 Å². The van der Waals surface area contributed by atoms with E-state index in [1.54, 1.807) is 0 Å². The average molecular weight is 229 g/mol. The van der Waals surface area contributed by atoms with E-state index in [9.17, 15) is 0 Å². The van der Waals surface area contributed by atoms with Gasteiger partial charge in [-0.15, -0.1) is 23.2 Å². The van der Waals surface area contributed by atoms with Gasteiger partial charge in [-0.2, -0.15) is 0 Å². The maximum Gasteiger partial charge on any atom is 0.0350 e. The van der Waals surface area contributed by atoms with Crippen LogP contribution in [0.1, 0.15) is 6.42 Å². The van der Waals surface area contributed by atoms with E-state index in [4.69, 9.17) is 23.2 Å². The molecular weight excluding hydrogens is 207 g/mol. The summed E-state index contributed by atoms with van der Waals surface area (Å²) in [6.45, 7) is 2.07. The lowest BCUT2D eigenvalue weighted by Gasteiger charge is -2.05. The second kappa shape index (κ2) is 12.5. The SMILES string of the molecule is CN(C)CCCCl.CN(C)CCCl. The molecule has 0 N–H and O–H groups in total. The van der Waals surface area contributed by atoms with Crippen molar-refractivity contribution in [2.45, 2.75) is 6.42 Å². The Hall–Kier alpha value is 0.500. The van der Waals surface area contributed by atoms with Crippen molar-refractivity contribution in [3.8, 4) is 0 Å². The Balaban J connectivity index is 0. The monoisotopic (exact) mass is 228 g/mol. The van der Waals surface area contributed by atoms with Gasteiger partial charge in [-0.05, 0) is 41.2 Å². The van der Waals surface area contributed by atoms with Crippen LogP contribution in [-0.2, 0) is 0 Å². The molecular formula is C9H22Cl2N2. The molecule has 0 radical (unpaired) electrons. The maximum absolute atomic E-state index is 5.42. The molecule has 0 aliphatic heterocycles. The van der Waals surface area contributed by atoms with Crippen LogP contribution in [0.15, 0.2) is 0 Å².